The number of alkyl carbamates (subject to hydrolysis) is 2. The maximum absolute atomic E-state index is 14.6. The second-order valence-electron chi connectivity index (χ2n) is 16.5. The van der Waals surface area contributed by atoms with Crippen LogP contribution < -0.4 is 15.4 Å². The lowest BCUT2D eigenvalue weighted by molar-refractivity contribution is -0.140. The van der Waals surface area contributed by atoms with Gasteiger partial charge in [-0.25, -0.2) is 19.6 Å². The molecule has 1 unspecified atom stereocenters. The summed E-state index contributed by atoms with van der Waals surface area (Å²) in [6.45, 7) is 12.0. The van der Waals surface area contributed by atoms with E-state index in [1.54, 1.807) is 11.1 Å². The number of nitrogens with zero attached hydrogens (tertiary/aromatic N) is 4. The van der Waals surface area contributed by atoms with Crippen LogP contribution in [0.3, 0.4) is 0 Å². The van der Waals surface area contributed by atoms with Crippen molar-refractivity contribution in [1.82, 2.24) is 40.4 Å². The van der Waals surface area contributed by atoms with Crippen LogP contribution in [0.25, 0.3) is 44.2 Å². The molecule has 330 valence electrons. The number of aromatic nitrogens is 4. The standard InChI is InChI=1S/C46H58N8O8/c1-8-27(5)53(41(55)22-48-45(57)59-6)23-39-47-21-36(50-39)30-10-12-32-31(18-30)25-62-38-20-33-29(19-34(32)38)11-13-35-43(33)51-40(49-35)24-54(37(9-2)26(3)4)44(56)42(52-46(58)60-7)28-14-16-61-17-15-28/h10-13,18-21,26-28,37,42H,8-9,14-17,22-25H2,1-7H3,(H,47,50)(H,48,57)(H,49,51)(H,52,58)/t27-,37+,42?/m0/s1. The summed E-state index contributed by atoms with van der Waals surface area (Å²) in [6.07, 6.45) is 3.27. The Balaban J connectivity index is 1.13. The number of aromatic amines is 2. The molecule has 1 saturated heterocycles. The summed E-state index contributed by atoms with van der Waals surface area (Å²) in [5.74, 6) is 1.73. The first kappa shape index (κ1) is 43.9. The number of carbonyl (C=O) groups is 4. The van der Waals surface area contributed by atoms with Crippen molar-refractivity contribution in [3.05, 3.63) is 65.9 Å². The number of rotatable bonds is 15. The number of hydrogen-bond acceptors (Lipinski definition) is 10. The third-order valence-electron chi connectivity index (χ3n) is 12.3. The fraction of sp³-hybridized carbons (Fsp3) is 0.478. The maximum Gasteiger partial charge on any atom is 0.407 e. The Morgan fingerprint density at radius 3 is 2.35 bits per heavy atom. The topological polar surface area (TPSA) is 193 Å². The predicted octanol–water partition coefficient (Wildman–Crippen LogP) is 7.06. The molecule has 0 radical (unpaired) electrons. The van der Waals surface area contributed by atoms with Crippen molar-refractivity contribution < 1.29 is 38.1 Å². The second-order valence-corrected chi connectivity index (χ2v) is 16.5. The molecular weight excluding hydrogens is 793 g/mol. The van der Waals surface area contributed by atoms with Crippen LogP contribution in [0, 0.1) is 11.8 Å². The van der Waals surface area contributed by atoms with Gasteiger partial charge >= 0.3 is 12.2 Å². The minimum atomic E-state index is -0.754. The van der Waals surface area contributed by atoms with E-state index in [1.165, 1.54) is 14.2 Å². The molecular formula is C46H58N8O8. The quantitative estimate of drug-likeness (QED) is 0.0848. The summed E-state index contributed by atoms with van der Waals surface area (Å²) in [7, 11) is 2.57. The van der Waals surface area contributed by atoms with Gasteiger partial charge < -0.3 is 49.3 Å². The molecule has 16 nitrogen and oxygen atoms in total. The number of benzene rings is 3. The molecule has 7 rings (SSSR count). The SMILES string of the molecule is CC[C@H](C(C)C)N(Cc1nc2ccc3cc4c(cc3c2[nH]1)OCc1cc(-c2cnc(CN(C(=O)CNC(=O)OC)[C@@H](C)CC)[nH]2)ccc1-4)C(=O)C(NC(=O)OC)C1CCOCC1. The average molecular weight is 851 g/mol. The van der Waals surface area contributed by atoms with Crippen molar-refractivity contribution in [3.8, 4) is 28.1 Å². The lowest BCUT2D eigenvalue weighted by Crippen LogP contribution is -2.56. The minimum Gasteiger partial charge on any atom is -0.488 e. The van der Waals surface area contributed by atoms with Gasteiger partial charge in [0, 0.05) is 36.2 Å². The Morgan fingerprint density at radius 1 is 0.887 bits per heavy atom. The summed E-state index contributed by atoms with van der Waals surface area (Å²) in [4.78, 5) is 71.8. The second kappa shape index (κ2) is 19.3. The van der Waals surface area contributed by atoms with Crippen LogP contribution in [0.1, 0.15) is 77.5 Å². The first-order valence-corrected chi connectivity index (χ1v) is 21.5. The first-order valence-electron chi connectivity index (χ1n) is 21.5. The lowest BCUT2D eigenvalue weighted by Gasteiger charge is -2.38. The zero-order chi connectivity index (χ0) is 44.1. The number of amides is 4. The number of hydrogen-bond donors (Lipinski definition) is 4. The highest BCUT2D eigenvalue weighted by Gasteiger charge is 2.38. The van der Waals surface area contributed by atoms with Gasteiger partial charge in [-0.15, -0.1) is 0 Å². The molecule has 2 aromatic heterocycles. The van der Waals surface area contributed by atoms with E-state index in [0.29, 0.717) is 44.3 Å². The van der Waals surface area contributed by atoms with Gasteiger partial charge in [0.15, 0.2) is 0 Å². The van der Waals surface area contributed by atoms with Crippen molar-refractivity contribution in [2.75, 3.05) is 34.0 Å². The van der Waals surface area contributed by atoms with Gasteiger partial charge in [0.05, 0.1) is 50.2 Å². The van der Waals surface area contributed by atoms with Crippen LogP contribution in [0.2, 0.25) is 0 Å². The number of carbonyl (C=O) groups excluding carboxylic acids is 4. The molecule has 4 heterocycles. The van der Waals surface area contributed by atoms with Gasteiger partial charge in [0.2, 0.25) is 11.8 Å². The molecule has 62 heavy (non-hydrogen) atoms. The van der Waals surface area contributed by atoms with Crippen molar-refractivity contribution in [1.29, 1.82) is 0 Å². The molecule has 2 aliphatic rings. The van der Waals surface area contributed by atoms with Crippen LogP contribution >= 0.6 is 0 Å². The molecule has 3 atom stereocenters. The summed E-state index contributed by atoms with van der Waals surface area (Å²) < 4.78 is 21.6. The van der Waals surface area contributed by atoms with Gasteiger partial charge in [-0.05, 0) is 90.8 Å². The normalized spacial score (nSPS) is 15.2. The van der Waals surface area contributed by atoms with Crippen LogP contribution in [0.4, 0.5) is 9.59 Å². The summed E-state index contributed by atoms with van der Waals surface area (Å²) in [5.41, 5.74) is 6.46. The van der Waals surface area contributed by atoms with E-state index in [9.17, 15) is 19.2 Å². The van der Waals surface area contributed by atoms with Gasteiger partial charge in [-0.1, -0.05) is 45.9 Å². The Morgan fingerprint density at radius 2 is 1.65 bits per heavy atom. The van der Waals surface area contributed by atoms with Gasteiger partial charge in [-0.3, -0.25) is 9.59 Å². The van der Waals surface area contributed by atoms with Gasteiger partial charge in [0.25, 0.3) is 0 Å². The minimum absolute atomic E-state index is 0.0678. The molecule has 0 aliphatic carbocycles. The number of nitrogens with one attached hydrogen (secondary N) is 4. The molecule has 3 aromatic carbocycles. The summed E-state index contributed by atoms with van der Waals surface area (Å²) in [6, 6.07) is 13.6. The van der Waals surface area contributed by atoms with Crippen LogP contribution in [0.15, 0.2) is 48.7 Å². The lowest BCUT2D eigenvalue weighted by atomic mass is 9.89. The molecule has 4 N–H and O–H groups in total. The zero-order valence-corrected chi connectivity index (χ0v) is 36.6. The molecule has 0 spiro atoms. The van der Waals surface area contributed by atoms with E-state index in [1.807, 2.05) is 24.8 Å². The summed E-state index contributed by atoms with van der Waals surface area (Å²) >= 11 is 0. The van der Waals surface area contributed by atoms with E-state index >= 15 is 0 Å². The Labute approximate surface area is 361 Å². The third-order valence-corrected chi connectivity index (χ3v) is 12.3. The van der Waals surface area contributed by atoms with E-state index in [-0.39, 0.29) is 55.4 Å². The van der Waals surface area contributed by atoms with Gasteiger partial charge in [0.1, 0.15) is 36.6 Å². The van der Waals surface area contributed by atoms with Crippen molar-refractivity contribution in [2.24, 2.45) is 11.8 Å². The number of H-pyrrole nitrogens is 2. The number of imidazole rings is 2. The highest BCUT2D eigenvalue weighted by atomic mass is 16.5. The Hall–Kier alpha value is -6.16. The zero-order valence-electron chi connectivity index (χ0n) is 36.6. The Bertz CT molecular complexity index is 2420. The first-order chi connectivity index (χ1) is 29.9. The molecule has 0 saturated carbocycles. The van der Waals surface area contributed by atoms with Crippen LogP contribution in [-0.2, 0) is 43.5 Å². The third kappa shape index (κ3) is 9.34. The van der Waals surface area contributed by atoms with Crippen molar-refractivity contribution in [3.63, 3.8) is 0 Å². The highest BCUT2D eigenvalue weighted by molar-refractivity contribution is 6.07. The van der Waals surface area contributed by atoms with E-state index in [4.69, 9.17) is 19.2 Å². The monoisotopic (exact) mass is 850 g/mol. The molecule has 2 aliphatic heterocycles. The van der Waals surface area contributed by atoms with E-state index in [2.05, 4.69) is 87.5 Å². The molecule has 0 bridgehead atoms. The molecule has 16 heteroatoms. The maximum atomic E-state index is 14.6. The molecule has 4 amide bonds. The van der Waals surface area contributed by atoms with Crippen molar-refractivity contribution in [2.45, 2.75) is 98.1 Å². The smallest absolute Gasteiger partial charge is 0.407 e. The average Bonchev–Trinajstić information content (AvgIpc) is 3.95. The van der Waals surface area contributed by atoms with E-state index in [0.717, 1.165) is 68.3 Å². The Kier molecular flexibility index (Phi) is 13.6. The predicted molar refractivity (Wildman–Crippen MR) is 234 cm³/mol. The van der Waals surface area contributed by atoms with Crippen LogP contribution in [0.5, 0.6) is 5.75 Å². The number of ether oxygens (including phenoxy) is 4. The molecule has 1 fully saturated rings. The summed E-state index contributed by atoms with van der Waals surface area (Å²) in [5, 5.41) is 7.30. The largest absolute Gasteiger partial charge is 0.488 e. The fourth-order valence-corrected chi connectivity index (χ4v) is 8.74. The van der Waals surface area contributed by atoms with Crippen LogP contribution in [-0.4, -0.2) is 106 Å². The van der Waals surface area contributed by atoms with Gasteiger partial charge in [-0.2, -0.15) is 0 Å². The van der Waals surface area contributed by atoms with E-state index < -0.39 is 18.2 Å². The van der Waals surface area contributed by atoms with Crippen molar-refractivity contribution >= 4 is 45.8 Å². The number of fused-ring (bicyclic) bond motifs is 6. The fourth-order valence-electron chi connectivity index (χ4n) is 8.74. The number of methoxy groups -OCH3 is 2. The molecule has 5 aromatic rings. The highest BCUT2D eigenvalue weighted by Crippen LogP contribution is 2.42.